The fourth-order valence-corrected chi connectivity index (χ4v) is 0.929. The van der Waals surface area contributed by atoms with Crippen LogP contribution in [-0.4, -0.2) is 16.5 Å². The van der Waals surface area contributed by atoms with Crippen LogP contribution in [0.2, 0.25) is 0 Å². The summed E-state index contributed by atoms with van der Waals surface area (Å²) in [6.45, 7) is 4.62. The van der Waals surface area contributed by atoms with Gasteiger partial charge in [0, 0.05) is 24.7 Å². The maximum atomic E-state index is 4.07. The summed E-state index contributed by atoms with van der Waals surface area (Å²) >= 11 is 0. The predicted octanol–water partition coefficient (Wildman–Crippen LogP) is 1.61. The van der Waals surface area contributed by atoms with Crippen molar-refractivity contribution in [2.45, 2.75) is 20.3 Å². The average Bonchev–Trinajstić information content (AvgIpc) is 2.13. The highest BCUT2D eigenvalue weighted by molar-refractivity contribution is 5.34. The summed E-state index contributed by atoms with van der Waals surface area (Å²) in [5.41, 5.74) is 0.971. The molecule has 68 valence electrons. The van der Waals surface area contributed by atoms with Crippen molar-refractivity contribution >= 4 is 5.82 Å². The van der Waals surface area contributed by atoms with Crippen LogP contribution in [0, 0.1) is 18.8 Å². The van der Waals surface area contributed by atoms with Crippen molar-refractivity contribution in [2.75, 3.05) is 11.9 Å². The van der Waals surface area contributed by atoms with E-state index in [1.165, 1.54) is 0 Å². The molecule has 1 aromatic heterocycles. The summed E-state index contributed by atoms with van der Waals surface area (Å²) in [6.07, 6.45) is 2.41. The minimum atomic E-state index is 0.831. The SMILES string of the molecule is CC#CCCNc1cc(C)ncn1. The van der Waals surface area contributed by atoms with Crippen molar-refractivity contribution < 1.29 is 0 Å². The third-order valence-electron chi connectivity index (χ3n) is 1.54. The first-order valence-electron chi connectivity index (χ1n) is 4.25. The zero-order chi connectivity index (χ0) is 9.52. The first-order chi connectivity index (χ1) is 6.33. The van der Waals surface area contributed by atoms with Gasteiger partial charge in [-0.15, -0.1) is 11.8 Å². The summed E-state index contributed by atoms with van der Waals surface area (Å²) in [4.78, 5) is 8.07. The summed E-state index contributed by atoms with van der Waals surface area (Å²) < 4.78 is 0. The monoisotopic (exact) mass is 175 g/mol. The quantitative estimate of drug-likeness (QED) is 0.560. The van der Waals surface area contributed by atoms with Crippen molar-refractivity contribution in [2.24, 2.45) is 0 Å². The van der Waals surface area contributed by atoms with E-state index in [-0.39, 0.29) is 0 Å². The molecule has 1 N–H and O–H groups in total. The van der Waals surface area contributed by atoms with Gasteiger partial charge in [0.15, 0.2) is 0 Å². The average molecular weight is 175 g/mol. The molecule has 3 nitrogen and oxygen atoms in total. The lowest BCUT2D eigenvalue weighted by Gasteiger charge is -2.02. The Bertz CT molecular complexity index is 322. The summed E-state index contributed by atoms with van der Waals surface area (Å²) in [5.74, 6) is 6.69. The fourth-order valence-electron chi connectivity index (χ4n) is 0.929. The van der Waals surface area contributed by atoms with Gasteiger partial charge < -0.3 is 5.32 Å². The normalized spacial score (nSPS) is 8.77. The van der Waals surface area contributed by atoms with Crippen LogP contribution in [0.3, 0.4) is 0 Å². The highest BCUT2D eigenvalue weighted by Crippen LogP contribution is 2.01. The van der Waals surface area contributed by atoms with Gasteiger partial charge in [-0.3, -0.25) is 0 Å². The molecule has 1 aromatic rings. The molecule has 0 aromatic carbocycles. The van der Waals surface area contributed by atoms with Gasteiger partial charge in [-0.1, -0.05) is 0 Å². The molecule has 3 heteroatoms. The highest BCUT2D eigenvalue weighted by atomic mass is 15.0. The Morgan fingerprint density at radius 3 is 3.00 bits per heavy atom. The lowest BCUT2D eigenvalue weighted by atomic mass is 10.4. The first kappa shape index (κ1) is 9.53. The van der Waals surface area contributed by atoms with E-state index in [0.717, 1.165) is 24.5 Å². The largest absolute Gasteiger partial charge is 0.369 e. The van der Waals surface area contributed by atoms with Crippen LogP contribution in [0.5, 0.6) is 0 Å². The van der Waals surface area contributed by atoms with Crippen molar-refractivity contribution in [3.63, 3.8) is 0 Å². The van der Waals surface area contributed by atoms with Crippen LogP contribution in [0.4, 0.5) is 5.82 Å². The molecule has 0 aliphatic carbocycles. The van der Waals surface area contributed by atoms with Crippen molar-refractivity contribution in [1.82, 2.24) is 9.97 Å². The van der Waals surface area contributed by atoms with Gasteiger partial charge in [0.25, 0.3) is 0 Å². The summed E-state index contributed by atoms with van der Waals surface area (Å²) in [5, 5.41) is 3.17. The van der Waals surface area contributed by atoms with E-state index in [4.69, 9.17) is 0 Å². The maximum Gasteiger partial charge on any atom is 0.129 e. The fraction of sp³-hybridized carbons (Fsp3) is 0.400. The molecule has 0 bridgehead atoms. The third-order valence-corrected chi connectivity index (χ3v) is 1.54. The van der Waals surface area contributed by atoms with E-state index in [0.29, 0.717) is 0 Å². The second kappa shape index (κ2) is 5.15. The van der Waals surface area contributed by atoms with E-state index in [2.05, 4.69) is 27.1 Å². The molecule has 0 aliphatic rings. The van der Waals surface area contributed by atoms with Crippen molar-refractivity contribution in [3.05, 3.63) is 18.1 Å². The standard InChI is InChI=1S/C10H13N3/c1-3-4-5-6-11-10-7-9(2)12-8-13-10/h7-8H,5-6H2,1-2H3,(H,11,12,13). The first-order valence-corrected chi connectivity index (χ1v) is 4.25. The van der Waals surface area contributed by atoms with Gasteiger partial charge in [-0.25, -0.2) is 9.97 Å². The van der Waals surface area contributed by atoms with Gasteiger partial charge in [0.1, 0.15) is 12.1 Å². The molecule has 0 atom stereocenters. The molecule has 0 amide bonds. The van der Waals surface area contributed by atoms with Crippen molar-refractivity contribution in [1.29, 1.82) is 0 Å². The molecule has 0 aliphatic heterocycles. The van der Waals surface area contributed by atoms with Gasteiger partial charge in [-0.05, 0) is 13.8 Å². The number of rotatable bonds is 3. The van der Waals surface area contributed by atoms with Crippen LogP contribution in [-0.2, 0) is 0 Å². The Morgan fingerprint density at radius 2 is 2.31 bits per heavy atom. The van der Waals surface area contributed by atoms with E-state index in [1.54, 1.807) is 6.33 Å². The minimum Gasteiger partial charge on any atom is -0.369 e. The number of nitrogens with one attached hydrogen (secondary N) is 1. The maximum absolute atomic E-state index is 4.07. The zero-order valence-electron chi connectivity index (χ0n) is 7.96. The Kier molecular flexibility index (Phi) is 3.77. The van der Waals surface area contributed by atoms with Crippen LogP contribution in [0.15, 0.2) is 12.4 Å². The molecule has 0 radical (unpaired) electrons. The molecule has 0 spiro atoms. The van der Waals surface area contributed by atoms with Gasteiger partial charge >= 0.3 is 0 Å². The molecular weight excluding hydrogens is 162 g/mol. The van der Waals surface area contributed by atoms with Crippen LogP contribution in [0.1, 0.15) is 19.0 Å². The van der Waals surface area contributed by atoms with Crippen LogP contribution in [0.25, 0.3) is 0 Å². The molecule has 0 saturated carbocycles. The molecule has 1 heterocycles. The van der Waals surface area contributed by atoms with Gasteiger partial charge in [-0.2, -0.15) is 0 Å². The molecule has 0 fully saturated rings. The number of hydrogen-bond donors (Lipinski definition) is 1. The Labute approximate surface area is 78.6 Å². The number of anilines is 1. The number of nitrogens with zero attached hydrogens (tertiary/aromatic N) is 2. The number of aryl methyl sites for hydroxylation is 1. The molecule has 0 unspecified atom stereocenters. The molecule has 1 rings (SSSR count). The second-order valence-electron chi connectivity index (χ2n) is 2.65. The Morgan fingerprint density at radius 1 is 1.46 bits per heavy atom. The smallest absolute Gasteiger partial charge is 0.129 e. The predicted molar refractivity (Wildman–Crippen MR) is 53.3 cm³/mol. The lowest BCUT2D eigenvalue weighted by molar-refractivity contribution is 1.04. The zero-order valence-corrected chi connectivity index (χ0v) is 7.96. The molecule has 13 heavy (non-hydrogen) atoms. The number of hydrogen-bond acceptors (Lipinski definition) is 3. The van der Waals surface area contributed by atoms with Crippen LogP contribution >= 0.6 is 0 Å². The Balaban J connectivity index is 2.39. The minimum absolute atomic E-state index is 0.831. The highest BCUT2D eigenvalue weighted by Gasteiger charge is 1.91. The lowest BCUT2D eigenvalue weighted by Crippen LogP contribution is -2.02. The van der Waals surface area contributed by atoms with Crippen LogP contribution < -0.4 is 5.32 Å². The van der Waals surface area contributed by atoms with E-state index < -0.39 is 0 Å². The summed E-state index contributed by atoms with van der Waals surface area (Å²) in [7, 11) is 0. The van der Waals surface area contributed by atoms with Gasteiger partial charge in [0.05, 0.1) is 0 Å². The third kappa shape index (κ3) is 3.57. The van der Waals surface area contributed by atoms with E-state index >= 15 is 0 Å². The van der Waals surface area contributed by atoms with E-state index in [1.807, 2.05) is 19.9 Å². The van der Waals surface area contributed by atoms with Crippen molar-refractivity contribution in [3.8, 4) is 11.8 Å². The number of aromatic nitrogens is 2. The topological polar surface area (TPSA) is 37.8 Å². The van der Waals surface area contributed by atoms with Gasteiger partial charge in [0.2, 0.25) is 0 Å². The molecule has 0 saturated heterocycles. The summed E-state index contributed by atoms with van der Waals surface area (Å²) in [6, 6.07) is 1.92. The molecular formula is C10H13N3. The van der Waals surface area contributed by atoms with E-state index in [9.17, 15) is 0 Å². The second-order valence-corrected chi connectivity index (χ2v) is 2.65. The Hall–Kier alpha value is -1.56.